The molecule has 3 aromatic rings. The lowest BCUT2D eigenvalue weighted by Gasteiger charge is -2.33. The number of carbonyl (C=O) groups excluding carboxylic acids is 6. The number of nitro groups is 2. The van der Waals surface area contributed by atoms with Crippen LogP contribution < -0.4 is 82.3 Å². The number of aliphatic hydroxyl groups is 1. The van der Waals surface area contributed by atoms with Crippen LogP contribution in [0, 0.1) is 20.2 Å². The first-order valence-electron chi connectivity index (χ1n) is 21.1. The first-order valence-corrected chi connectivity index (χ1v) is 21.1. The van der Waals surface area contributed by atoms with Crippen LogP contribution in [0.5, 0.6) is 5.75 Å². The number of nitrogens with two attached hydrogens (primary N) is 8. The SMILES string of the molecule is CC(N)=NC(NC(=O)C(N=C(N)N)NC(=O)C(N=C(N)N)NC(=O)C(NC(=O)C(CO)N(Cc1ccc(N(C)C)cc1O)c1c(C(=O)O)cc([N+](=O)[O-])cc1[N+](=O)[O-])c1ccccc1)C(=O)NC(N=C(N)N)C(N)=O. The van der Waals surface area contributed by atoms with Crippen LogP contribution in [0.15, 0.2) is 80.6 Å². The Labute approximate surface area is 422 Å². The molecule has 0 saturated carbocycles. The van der Waals surface area contributed by atoms with E-state index in [1.807, 2.05) is 10.6 Å². The molecule has 402 valence electrons. The van der Waals surface area contributed by atoms with Gasteiger partial charge in [-0.25, -0.2) is 24.8 Å². The van der Waals surface area contributed by atoms with Crippen LogP contribution in [0.2, 0.25) is 0 Å². The summed E-state index contributed by atoms with van der Waals surface area (Å²) in [5, 5.41) is 67.2. The number of non-ortho nitro benzene ring substituents is 1. The Balaban J connectivity index is 2.15. The van der Waals surface area contributed by atoms with Crippen LogP contribution in [-0.4, -0.2) is 142 Å². The maximum absolute atomic E-state index is 14.6. The van der Waals surface area contributed by atoms with Crippen molar-refractivity contribution in [2.24, 2.45) is 65.8 Å². The Hall–Kier alpha value is -10.6. The minimum Gasteiger partial charge on any atom is -0.508 e. The van der Waals surface area contributed by atoms with Crippen molar-refractivity contribution in [3.05, 3.63) is 97.6 Å². The second kappa shape index (κ2) is 26.0. The number of anilines is 2. The van der Waals surface area contributed by atoms with Gasteiger partial charge in [0.2, 0.25) is 36.5 Å². The summed E-state index contributed by atoms with van der Waals surface area (Å²) >= 11 is 0. The molecular formula is C40H53N21O14. The number of phenolic OH excluding ortho intramolecular Hbond substituents is 1. The number of nitrogens with zero attached hydrogens (tertiary/aromatic N) is 8. The lowest BCUT2D eigenvalue weighted by Crippen LogP contribution is -2.58. The number of benzene rings is 3. The fraction of sp³-hybridized carbons (Fsp3) is 0.275. The zero-order chi connectivity index (χ0) is 56.6. The number of phenols is 1. The van der Waals surface area contributed by atoms with E-state index >= 15 is 0 Å². The van der Waals surface area contributed by atoms with E-state index < -0.39 is 147 Å². The second-order valence-corrected chi connectivity index (χ2v) is 15.5. The number of rotatable bonds is 25. The summed E-state index contributed by atoms with van der Waals surface area (Å²) in [4.78, 5) is 133. The average molecular weight is 1050 g/mol. The van der Waals surface area contributed by atoms with Gasteiger partial charge in [-0.15, -0.1) is 0 Å². The van der Waals surface area contributed by atoms with Gasteiger partial charge in [0.25, 0.3) is 35.0 Å². The van der Waals surface area contributed by atoms with E-state index in [0.29, 0.717) is 22.7 Å². The third kappa shape index (κ3) is 16.5. The minimum atomic E-state index is -2.27. The van der Waals surface area contributed by atoms with Crippen LogP contribution in [0.1, 0.15) is 34.5 Å². The van der Waals surface area contributed by atoms with E-state index in [1.165, 1.54) is 55.5 Å². The van der Waals surface area contributed by atoms with Gasteiger partial charge < -0.3 is 97.6 Å². The average Bonchev–Trinajstić information content (AvgIpc) is 3.31. The van der Waals surface area contributed by atoms with Crippen LogP contribution in [0.3, 0.4) is 0 Å². The van der Waals surface area contributed by atoms with Crippen LogP contribution in [0.25, 0.3) is 0 Å². The van der Waals surface area contributed by atoms with Crippen molar-refractivity contribution in [3.63, 3.8) is 0 Å². The first-order chi connectivity index (χ1) is 35.1. The summed E-state index contributed by atoms with van der Waals surface area (Å²) in [6.07, 6.45) is -8.42. The molecule has 0 spiro atoms. The zero-order valence-electron chi connectivity index (χ0n) is 39.7. The number of aliphatic hydroxyl groups excluding tert-OH is 1. The van der Waals surface area contributed by atoms with E-state index in [0.717, 1.165) is 0 Å². The highest BCUT2D eigenvalue weighted by atomic mass is 16.6. The normalized spacial score (nSPS) is 13.3. The molecule has 0 aromatic heterocycles. The molecule has 0 saturated heterocycles. The van der Waals surface area contributed by atoms with Gasteiger partial charge >= 0.3 is 5.97 Å². The number of carbonyl (C=O) groups is 7. The summed E-state index contributed by atoms with van der Waals surface area (Å²) in [5.74, 6) is -13.4. The van der Waals surface area contributed by atoms with Crippen molar-refractivity contribution in [2.45, 2.75) is 50.2 Å². The standard InChI is InChI=1S/C40H53N21O14/c1-16(41)49-29(34(67)51-28(27(42)64)55-38(43)44)53-36(69)31(57-40(47)48)54-35(68)30(56-39(45)46)52-33(66)25(17-7-5-4-6-8-17)50-32(65)23(15-62)59(14-18-9-10-19(58(2)3)13-24(18)63)26-21(37(70)71)11-20(60(72)73)12-22(26)61(74)75/h4-13,23,25,28-31,62-63H,14-15H2,1-3H3,(H2,41,49)(H2,42,64)(H,50,65)(H,51,67)(H,52,66)(H,53,69)(H,54,68)(H,70,71)(H4,43,44,55)(H4,45,46,56)(H4,47,48,57). The number of hydrogen-bond donors (Lipinski definition) is 16. The third-order valence-electron chi connectivity index (χ3n) is 9.76. The van der Waals surface area contributed by atoms with Crippen molar-refractivity contribution >= 4 is 87.9 Å². The number of aliphatic imine (C=N–C) groups is 4. The van der Waals surface area contributed by atoms with Crippen LogP contribution in [0.4, 0.5) is 22.7 Å². The third-order valence-corrected chi connectivity index (χ3v) is 9.76. The summed E-state index contributed by atoms with van der Waals surface area (Å²) in [5.41, 5.74) is 39.6. The molecule has 3 rings (SSSR count). The molecule has 6 amide bonds. The second-order valence-electron chi connectivity index (χ2n) is 15.5. The maximum Gasteiger partial charge on any atom is 0.338 e. The first kappa shape index (κ1) is 58.7. The van der Waals surface area contributed by atoms with Gasteiger partial charge in [0.05, 0.1) is 33.9 Å². The van der Waals surface area contributed by atoms with Crippen LogP contribution in [-0.2, 0) is 35.3 Å². The largest absolute Gasteiger partial charge is 0.508 e. The van der Waals surface area contributed by atoms with Crippen molar-refractivity contribution in [1.82, 2.24) is 26.6 Å². The highest BCUT2D eigenvalue weighted by Gasteiger charge is 2.39. The minimum absolute atomic E-state index is 0.0730. The van der Waals surface area contributed by atoms with Crippen molar-refractivity contribution in [1.29, 1.82) is 0 Å². The highest BCUT2D eigenvalue weighted by Crippen LogP contribution is 2.39. The number of primary amides is 1. The maximum atomic E-state index is 14.6. The molecule has 0 fully saturated rings. The van der Waals surface area contributed by atoms with Gasteiger partial charge in [0.1, 0.15) is 23.5 Å². The van der Waals surface area contributed by atoms with Gasteiger partial charge in [-0.2, -0.15) is 0 Å². The molecular weight excluding hydrogens is 999 g/mol. The van der Waals surface area contributed by atoms with Gasteiger partial charge in [-0.1, -0.05) is 36.4 Å². The molecule has 35 heteroatoms. The number of hydrogen-bond acceptors (Lipinski definition) is 19. The molecule has 0 radical (unpaired) electrons. The topological polar surface area (TPSA) is 591 Å². The monoisotopic (exact) mass is 1050 g/mol. The van der Waals surface area contributed by atoms with Gasteiger partial charge in [-0.05, 0) is 18.6 Å². The highest BCUT2D eigenvalue weighted by molar-refractivity contribution is 6.02. The Bertz CT molecular complexity index is 2770. The Morgan fingerprint density at radius 2 is 1.15 bits per heavy atom. The summed E-state index contributed by atoms with van der Waals surface area (Å²) in [6, 6.07) is 7.66. The molecule has 0 aliphatic heterocycles. The fourth-order valence-electron chi connectivity index (χ4n) is 6.46. The number of carboxylic acids is 1. The molecule has 0 aliphatic carbocycles. The Kier molecular flexibility index (Phi) is 20.4. The predicted molar refractivity (Wildman–Crippen MR) is 265 cm³/mol. The number of aromatic carboxylic acids is 1. The van der Waals surface area contributed by atoms with E-state index in [1.54, 1.807) is 19.0 Å². The van der Waals surface area contributed by atoms with Gasteiger partial charge in [0.15, 0.2) is 17.9 Å². The number of amides is 6. The quantitative estimate of drug-likeness (QED) is 0.0162. The number of nitro benzene ring substituents is 2. The number of amidine groups is 1. The molecule has 6 unspecified atom stereocenters. The van der Waals surface area contributed by atoms with Gasteiger partial charge in [0, 0.05) is 44.0 Å². The summed E-state index contributed by atoms with van der Waals surface area (Å²) in [6.45, 7) is -0.951. The predicted octanol–water partition coefficient (Wildman–Crippen LogP) is -6.35. The fourth-order valence-corrected chi connectivity index (χ4v) is 6.46. The summed E-state index contributed by atoms with van der Waals surface area (Å²) < 4.78 is 0. The van der Waals surface area contributed by atoms with Crippen molar-refractivity contribution in [3.8, 4) is 5.75 Å². The molecule has 35 nitrogen and oxygen atoms in total. The molecule has 75 heavy (non-hydrogen) atoms. The van der Waals surface area contributed by atoms with E-state index in [2.05, 4.69) is 35.9 Å². The van der Waals surface area contributed by atoms with Crippen molar-refractivity contribution < 1.29 is 58.7 Å². The van der Waals surface area contributed by atoms with Crippen molar-refractivity contribution in [2.75, 3.05) is 30.5 Å². The zero-order valence-corrected chi connectivity index (χ0v) is 39.7. The van der Waals surface area contributed by atoms with Crippen LogP contribution >= 0.6 is 0 Å². The molecule has 0 bridgehead atoms. The number of nitrogens with one attached hydrogen (secondary N) is 5. The smallest absolute Gasteiger partial charge is 0.338 e. The number of carboxylic acid groups (broad SMARTS) is 1. The molecule has 3 aromatic carbocycles. The molecule has 24 N–H and O–H groups in total. The molecule has 0 aliphatic rings. The summed E-state index contributed by atoms with van der Waals surface area (Å²) in [7, 11) is 3.26. The Morgan fingerprint density at radius 1 is 0.653 bits per heavy atom. The number of aromatic hydroxyl groups is 1. The van der Waals surface area contributed by atoms with Gasteiger partial charge in [-0.3, -0.25) is 49.0 Å². The molecule has 6 atom stereocenters. The van der Waals surface area contributed by atoms with E-state index in [-0.39, 0.29) is 17.0 Å². The lowest BCUT2D eigenvalue weighted by molar-refractivity contribution is -0.393. The van der Waals surface area contributed by atoms with E-state index in [9.17, 15) is 69.1 Å². The van der Waals surface area contributed by atoms with E-state index in [4.69, 9.17) is 45.9 Å². The molecule has 0 heterocycles. The Morgan fingerprint density at radius 3 is 1.57 bits per heavy atom. The number of guanidine groups is 3. The lowest BCUT2D eigenvalue weighted by atomic mass is 10.0.